The van der Waals surface area contributed by atoms with Gasteiger partial charge in [-0.1, -0.05) is 0 Å². The number of carbonyl (C=O) groups excluding carboxylic acids is 1. The van der Waals surface area contributed by atoms with Gasteiger partial charge >= 0.3 is 5.97 Å². The molecule has 2 heterocycles. The molecule has 0 aliphatic carbocycles. The quantitative estimate of drug-likeness (QED) is 0.388. The second-order valence-electron chi connectivity index (χ2n) is 7.21. The predicted octanol–water partition coefficient (Wildman–Crippen LogP) is 1.77. The monoisotopic (exact) mass is 488 g/mol. The molecule has 32 heavy (non-hydrogen) atoms. The molecule has 1 saturated heterocycles. The molecular formula is C20H25FN2O7S2. The molecule has 2 aromatic rings. The van der Waals surface area contributed by atoms with Crippen molar-refractivity contribution in [3.8, 4) is 0 Å². The Bertz CT molecular complexity index is 1140. The number of sulfone groups is 1. The summed E-state index contributed by atoms with van der Waals surface area (Å²) in [6.45, 7) is 3.56. The highest BCUT2D eigenvalue weighted by Crippen LogP contribution is 2.21. The summed E-state index contributed by atoms with van der Waals surface area (Å²) in [5.41, 5.74) is 0. The van der Waals surface area contributed by atoms with Gasteiger partial charge in [0.15, 0.2) is 9.84 Å². The zero-order valence-electron chi connectivity index (χ0n) is 17.6. The molecular weight excluding hydrogens is 463 g/mol. The lowest BCUT2D eigenvalue weighted by atomic mass is 10.3. The average molecular weight is 489 g/mol. The number of carbonyl (C=O) groups is 1. The molecule has 0 radical (unpaired) electrons. The van der Waals surface area contributed by atoms with E-state index >= 15 is 0 Å². The summed E-state index contributed by atoms with van der Waals surface area (Å²) < 4.78 is 74.5. The van der Waals surface area contributed by atoms with Crippen LogP contribution in [0.3, 0.4) is 0 Å². The lowest BCUT2D eigenvalue weighted by Gasteiger charge is -2.33. The third-order valence-electron chi connectivity index (χ3n) is 5.04. The van der Waals surface area contributed by atoms with E-state index in [1.165, 1.54) is 28.6 Å². The highest BCUT2D eigenvalue weighted by Gasteiger charge is 2.31. The standard InChI is InChI=1S/C20H25FN2O7S2/c1-2-29-20(24)18-8-9-19(30-18)32(27,28)23-13-11-22(12-14-23)10-3-15-31(25,26)17-6-4-16(21)5-7-17/h4-9H,2-3,10-15H2,1H3. The van der Waals surface area contributed by atoms with Gasteiger partial charge in [0.05, 0.1) is 17.3 Å². The van der Waals surface area contributed by atoms with Crippen molar-refractivity contribution < 1.29 is 35.2 Å². The van der Waals surface area contributed by atoms with Gasteiger partial charge < -0.3 is 14.1 Å². The van der Waals surface area contributed by atoms with Gasteiger partial charge in [-0.25, -0.2) is 26.0 Å². The normalized spacial score (nSPS) is 16.2. The minimum Gasteiger partial charge on any atom is -0.460 e. The third kappa shape index (κ3) is 5.74. The molecule has 1 aromatic heterocycles. The van der Waals surface area contributed by atoms with E-state index in [1.807, 2.05) is 4.90 Å². The van der Waals surface area contributed by atoms with E-state index in [9.17, 15) is 26.0 Å². The minimum absolute atomic E-state index is 0.0791. The molecule has 0 spiro atoms. The maximum absolute atomic E-state index is 13.0. The molecule has 1 aromatic carbocycles. The van der Waals surface area contributed by atoms with Crippen LogP contribution in [0.5, 0.6) is 0 Å². The maximum Gasteiger partial charge on any atom is 0.374 e. The Morgan fingerprint density at radius 3 is 2.31 bits per heavy atom. The van der Waals surface area contributed by atoms with Crippen molar-refractivity contribution in [1.29, 1.82) is 0 Å². The zero-order valence-corrected chi connectivity index (χ0v) is 19.2. The average Bonchev–Trinajstić information content (AvgIpc) is 3.26. The van der Waals surface area contributed by atoms with Crippen molar-refractivity contribution in [2.45, 2.75) is 23.3 Å². The van der Waals surface area contributed by atoms with E-state index in [2.05, 4.69) is 0 Å². The molecule has 1 fully saturated rings. The van der Waals surface area contributed by atoms with Crippen molar-refractivity contribution in [1.82, 2.24) is 9.21 Å². The Labute approximate surface area is 186 Å². The Hall–Kier alpha value is -2.28. The Morgan fingerprint density at radius 1 is 1.03 bits per heavy atom. The SMILES string of the molecule is CCOC(=O)c1ccc(S(=O)(=O)N2CCN(CCCS(=O)(=O)c3ccc(F)cc3)CC2)o1. The number of nitrogens with zero attached hydrogens (tertiary/aromatic N) is 2. The lowest BCUT2D eigenvalue weighted by molar-refractivity contribution is 0.0483. The zero-order chi connectivity index (χ0) is 23.4. The first-order chi connectivity index (χ1) is 15.1. The number of piperazine rings is 1. The lowest BCUT2D eigenvalue weighted by Crippen LogP contribution is -2.48. The van der Waals surface area contributed by atoms with Crippen LogP contribution in [0.15, 0.2) is 50.8 Å². The van der Waals surface area contributed by atoms with Crippen LogP contribution in [0, 0.1) is 5.82 Å². The number of rotatable bonds is 9. The largest absolute Gasteiger partial charge is 0.460 e. The van der Waals surface area contributed by atoms with Gasteiger partial charge in [-0.2, -0.15) is 4.31 Å². The van der Waals surface area contributed by atoms with E-state index < -0.39 is 31.6 Å². The number of sulfonamides is 1. The van der Waals surface area contributed by atoms with Crippen molar-refractivity contribution in [3.63, 3.8) is 0 Å². The van der Waals surface area contributed by atoms with E-state index in [0.717, 1.165) is 12.1 Å². The van der Waals surface area contributed by atoms with E-state index in [0.29, 0.717) is 26.1 Å². The fourth-order valence-electron chi connectivity index (χ4n) is 3.33. The van der Waals surface area contributed by atoms with E-state index in [1.54, 1.807) is 6.92 Å². The van der Waals surface area contributed by atoms with Gasteiger partial charge in [-0.05, 0) is 56.3 Å². The van der Waals surface area contributed by atoms with Gasteiger partial charge in [0.2, 0.25) is 10.9 Å². The number of hydrogen-bond acceptors (Lipinski definition) is 8. The van der Waals surface area contributed by atoms with Crippen LogP contribution in [-0.4, -0.2) is 77.1 Å². The molecule has 9 nitrogen and oxygen atoms in total. The summed E-state index contributed by atoms with van der Waals surface area (Å²) in [4.78, 5) is 13.8. The molecule has 1 aliphatic heterocycles. The number of furan rings is 1. The smallest absolute Gasteiger partial charge is 0.374 e. The number of ether oxygens (including phenoxy) is 1. The van der Waals surface area contributed by atoms with E-state index in [-0.39, 0.29) is 41.2 Å². The van der Waals surface area contributed by atoms with Gasteiger partial charge in [0.1, 0.15) is 5.82 Å². The number of halogens is 1. The summed E-state index contributed by atoms with van der Waals surface area (Å²) in [7, 11) is -7.40. The van der Waals surface area contributed by atoms with E-state index in [4.69, 9.17) is 9.15 Å². The molecule has 176 valence electrons. The number of benzene rings is 1. The van der Waals surface area contributed by atoms with Gasteiger partial charge in [0, 0.05) is 26.2 Å². The fraction of sp³-hybridized carbons (Fsp3) is 0.450. The van der Waals surface area contributed by atoms with Gasteiger partial charge in [0.25, 0.3) is 10.0 Å². The molecule has 1 aliphatic rings. The van der Waals surface area contributed by atoms with Crippen LogP contribution in [0.1, 0.15) is 23.9 Å². The summed E-state index contributed by atoms with van der Waals surface area (Å²) in [6.07, 6.45) is 0.369. The van der Waals surface area contributed by atoms with Gasteiger partial charge in [-0.3, -0.25) is 0 Å². The van der Waals surface area contributed by atoms with Gasteiger partial charge in [-0.15, -0.1) is 0 Å². The first-order valence-corrected chi connectivity index (χ1v) is 13.2. The Morgan fingerprint density at radius 2 is 1.69 bits per heavy atom. The molecule has 0 unspecified atom stereocenters. The van der Waals surface area contributed by atoms with Crippen LogP contribution >= 0.6 is 0 Å². The molecule has 0 bridgehead atoms. The molecule has 0 saturated carbocycles. The Kier molecular flexibility index (Phi) is 7.70. The number of esters is 1. The van der Waals surface area contributed by atoms with Crippen molar-refractivity contribution in [2.75, 3.05) is 45.1 Å². The second kappa shape index (κ2) is 10.1. The highest BCUT2D eigenvalue weighted by molar-refractivity contribution is 7.91. The molecule has 0 N–H and O–H groups in total. The van der Waals surface area contributed by atoms with Crippen molar-refractivity contribution in [3.05, 3.63) is 48.0 Å². The van der Waals surface area contributed by atoms with Crippen molar-refractivity contribution >= 4 is 25.8 Å². The van der Waals surface area contributed by atoms with Crippen molar-refractivity contribution in [2.24, 2.45) is 0 Å². The van der Waals surface area contributed by atoms with Crippen LogP contribution < -0.4 is 0 Å². The van der Waals surface area contributed by atoms with Crippen LogP contribution in [-0.2, 0) is 24.6 Å². The summed E-state index contributed by atoms with van der Waals surface area (Å²) in [5, 5.41) is -0.320. The molecule has 0 amide bonds. The Balaban J connectivity index is 1.50. The first kappa shape index (κ1) is 24.4. The second-order valence-corrected chi connectivity index (χ2v) is 11.2. The molecule has 12 heteroatoms. The minimum atomic E-state index is -3.89. The predicted molar refractivity (Wildman–Crippen MR) is 113 cm³/mol. The summed E-state index contributed by atoms with van der Waals surface area (Å²) >= 11 is 0. The first-order valence-electron chi connectivity index (χ1n) is 10.1. The molecule has 0 atom stereocenters. The summed E-state index contributed by atoms with van der Waals surface area (Å²) in [6, 6.07) is 7.21. The maximum atomic E-state index is 13.0. The fourth-order valence-corrected chi connectivity index (χ4v) is 5.96. The summed E-state index contributed by atoms with van der Waals surface area (Å²) in [5.74, 6) is -1.48. The topological polar surface area (TPSA) is 114 Å². The third-order valence-corrected chi connectivity index (χ3v) is 8.63. The highest BCUT2D eigenvalue weighted by atomic mass is 32.2. The van der Waals surface area contributed by atoms with Crippen LogP contribution in [0.25, 0.3) is 0 Å². The van der Waals surface area contributed by atoms with Crippen LogP contribution in [0.2, 0.25) is 0 Å². The number of hydrogen-bond donors (Lipinski definition) is 0. The van der Waals surface area contributed by atoms with Crippen LogP contribution in [0.4, 0.5) is 4.39 Å². The molecule has 3 rings (SSSR count).